The van der Waals surface area contributed by atoms with Crippen LogP contribution in [0.1, 0.15) is 143 Å². The van der Waals surface area contributed by atoms with Crippen LogP contribution in [0.2, 0.25) is 0 Å². The van der Waals surface area contributed by atoms with E-state index in [4.69, 9.17) is 10.5 Å². The molecule has 1 aliphatic rings. The Hall–Kier alpha value is -3.12. The number of carbonyl (C=O) groups excluding carboxylic acids is 1. The smallest absolute Gasteiger partial charge is 0.328 e. The molecule has 5 rings (SSSR count). The molecule has 0 saturated heterocycles. The van der Waals surface area contributed by atoms with Crippen LogP contribution < -0.4 is 10.5 Å². The van der Waals surface area contributed by atoms with Gasteiger partial charge in [0.2, 0.25) is 5.91 Å². The maximum absolute atomic E-state index is 13.0. The number of unbranched alkanes of at least 4 members (excludes halogenated alkanes) is 2. The Kier molecular flexibility index (Phi) is 14.4. The highest BCUT2D eigenvalue weighted by molar-refractivity contribution is 7.51. The Morgan fingerprint density at radius 2 is 1.52 bits per heavy atom. The average molecular weight is 703 g/mol. The van der Waals surface area contributed by atoms with E-state index in [1.165, 1.54) is 89.0 Å². The Balaban J connectivity index is 1.68. The molecule has 3 aromatic carbocycles. The van der Waals surface area contributed by atoms with Crippen molar-refractivity contribution in [3.63, 3.8) is 0 Å². The van der Waals surface area contributed by atoms with Crippen LogP contribution in [0.25, 0.3) is 21.8 Å². The largest absolute Gasteiger partial charge is 0.493 e. The van der Waals surface area contributed by atoms with Gasteiger partial charge in [-0.2, -0.15) is 0 Å². The third-order valence-electron chi connectivity index (χ3n) is 10.7. The van der Waals surface area contributed by atoms with Crippen molar-refractivity contribution in [3.8, 4) is 5.75 Å². The summed E-state index contributed by atoms with van der Waals surface area (Å²) in [4.78, 5) is 32.2. The fraction of sp³-hybridized carbons (Fsp3) is 0.548. The van der Waals surface area contributed by atoms with Gasteiger partial charge in [-0.3, -0.25) is 9.36 Å². The number of nitrogens with two attached hydrogens (primary N) is 1. The molecule has 1 aliphatic carbocycles. The molecule has 4 N–H and O–H groups in total. The summed E-state index contributed by atoms with van der Waals surface area (Å²) in [7, 11) is -4.24. The first-order chi connectivity index (χ1) is 24.3. The van der Waals surface area contributed by atoms with Crippen molar-refractivity contribution in [2.24, 2.45) is 11.7 Å². The van der Waals surface area contributed by atoms with Crippen molar-refractivity contribution in [2.75, 3.05) is 12.8 Å². The van der Waals surface area contributed by atoms with Crippen molar-refractivity contribution < 1.29 is 23.9 Å². The summed E-state index contributed by atoms with van der Waals surface area (Å²) in [5, 5.41) is 1.74. The van der Waals surface area contributed by atoms with E-state index in [0.29, 0.717) is 17.2 Å². The van der Waals surface area contributed by atoms with Gasteiger partial charge >= 0.3 is 7.60 Å². The van der Waals surface area contributed by atoms with Gasteiger partial charge < -0.3 is 24.8 Å². The van der Waals surface area contributed by atoms with Crippen molar-refractivity contribution in [2.45, 2.75) is 129 Å². The molecule has 0 aliphatic heterocycles. The van der Waals surface area contributed by atoms with E-state index >= 15 is 0 Å². The predicted octanol–water partition coefficient (Wildman–Crippen LogP) is 10.9. The number of nitrogens with zero attached hydrogens (tertiary/aromatic N) is 1. The average Bonchev–Trinajstić information content (AvgIpc) is 3.41. The van der Waals surface area contributed by atoms with Crippen molar-refractivity contribution in [1.29, 1.82) is 0 Å². The lowest BCUT2D eigenvalue weighted by atomic mass is 9.85. The van der Waals surface area contributed by atoms with E-state index in [1.807, 2.05) is 24.3 Å². The summed E-state index contributed by atoms with van der Waals surface area (Å²) in [6.07, 6.45) is 20.7. The van der Waals surface area contributed by atoms with Crippen LogP contribution in [-0.2, 0) is 11.1 Å². The van der Waals surface area contributed by atoms with Crippen molar-refractivity contribution in [1.82, 2.24) is 4.57 Å². The summed E-state index contributed by atoms with van der Waals surface area (Å²) in [5.41, 5.74) is 11.0. The molecule has 4 aromatic rings. The number of hydrogen-bond acceptors (Lipinski definition) is 3. The molecule has 0 bridgehead atoms. The molecule has 272 valence electrons. The molecule has 1 unspecified atom stereocenters. The Bertz CT molecular complexity index is 1700. The highest BCUT2D eigenvalue weighted by Gasteiger charge is 2.26. The molecule has 7 nitrogen and oxygen atoms in total. The fourth-order valence-corrected chi connectivity index (χ4v) is 8.47. The van der Waals surface area contributed by atoms with E-state index in [2.05, 4.69) is 47.9 Å². The Morgan fingerprint density at radius 1 is 0.880 bits per heavy atom. The van der Waals surface area contributed by atoms with Crippen LogP contribution in [-0.4, -0.2) is 33.0 Å². The number of amides is 1. The van der Waals surface area contributed by atoms with Gasteiger partial charge in [0, 0.05) is 34.3 Å². The Labute approximate surface area is 299 Å². The maximum Gasteiger partial charge on any atom is 0.328 e. The summed E-state index contributed by atoms with van der Waals surface area (Å²) >= 11 is 0. The van der Waals surface area contributed by atoms with Crippen LogP contribution in [0.5, 0.6) is 5.75 Å². The molecule has 8 heteroatoms. The summed E-state index contributed by atoms with van der Waals surface area (Å²) < 4.78 is 20.4. The minimum absolute atomic E-state index is 0.0691. The maximum atomic E-state index is 13.0. The van der Waals surface area contributed by atoms with Gasteiger partial charge in [-0.1, -0.05) is 133 Å². The number of fused-ring (bicyclic) bond motifs is 3. The van der Waals surface area contributed by atoms with Gasteiger partial charge in [0.1, 0.15) is 5.75 Å². The number of carbonyl (C=O) groups is 1. The van der Waals surface area contributed by atoms with Crippen LogP contribution in [0, 0.1) is 5.92 Å². The molecule has 0 spiro atoms. The molecular weight excluding hydrogens is 643 g/mol. The topological polar surface area (TPSA) is 115 Å². The van der Waals surface area contributed by atoms with E-state index in [1.54, 1.807) is 0 Å². The quantitative estimate of drug-likeness (QED) is 0.0947. The van der Waals surface area contributed by atoms with E-state index in [-0.39, 0.29) is 18.7 Å². The van der Waals surface area contributed by atoms with E-state index in [0.717, 1.165) is 59.6 Å². The first-order valence-electron chi connectivity index (χ1n) is 19.4. The zero-order chi connectivity index (χ0) is 35.3. The monoisotopic (exact) mass is 702 g/mol. The summed E-state index contributed by atoms with van der Waals surface area (Å²) in [6, 6.07) is 20.6. The first-order valence-corrected chi connectivity index (χ1v) is 21.2. The predicted molar refractivity (Wildman–Crippen MR) is 206 cm³/mol. The Morgan fingerprint density at radius 3 is 2.12 bits per heavy atom. The minimum atomic E-state index is -4.24. The minimum Gasteiger partial charge on any atom is -0.493 e. The number of aromatic nitrogens is 1. The number of ether oxygens (including phenoxy) is 1. The molecule has 1 amide bonds. The van der Waals surface area contributed by atoms with Gasteiger partial charge in [0.15, 0.2) is 0 Å². The van der Waals surface area contributed by atoms with Crippen LogP contribution in [0.4, 0.5) is 0 Å². The lowest BCUT2D eigenvalue weighted by molar-refractivity contribution is 0.100. The highest BCUT2D eigenvalue weighted by atomic mass is 31.2. The molecule has 1 atom stereocenters. The van der Waals surface area contributed by atoms with E-state index in [9.17, 15) is 19.1 Å². The normalized spacial score (nSPS) is 16.7. The lowest BCUT2D eigenvalue weighted by Crippen LogP contribution is -2.14. The number of primary amides is 1. The second-order valence-electron chi connectivity index (χ2n) is 14.6. The molecule has 0 radical (unpaired) electrons. The lowest BCUT2D eigenvalue weighted by Gasteiger charge is -2.24. The number of hydrogen-bond donors (Lipinski definition) is 3. The fourth-order valence-electron chi connectivity index (χ4n) is 8.14. The molecule has 1 aromatic heterocycles. The molecule has 50 heavy (non-hydrogen) atoms. The summed E-state index contributed by atoms with van der Waals surface area (Å²) in [5.74, 6) is 0.661. The van der Waals surface area contributed by atoms with Gasteiger partial charge in [0.25, 0.3) is 0 Å². The zero-order valence-corrected chi connectivity index (χ0v) is 31.1. The summed E-state index contributed by atoms with van der Waals surface area (Å²) in [6.45, 7) is 2.98. The highest BCUT2D eigenvalue weighted by Crippen LogP contribution is 2.43. The molecular formula is C42H59N2O5P. The standard InChI is InChI=1S/C42H59N2O5P/c1-2-3-14-24-35(33-22-17-13-18-23-33)37-29-34(49-27-28-50(46,47)48)30-38-40-36(42(43)45)25-19-26-39(40)44(41(37)38)31-32-20-15-11-9-7-5-4-6-8-10-12-16-21-32/h13,17-19,22-23,25-26,29-30,32,35H,2-12,14-16,20-21,24,27-28,31H2,1H3,(H2,43,45)(H2,46,47,48). The van der Waals surface area contributed by atoms with Crippen LogP contribution in [0.3, 0.4) is 0 Å². The van der Waals surface area contributed by atoms with Gasteiger partial charge in [-0.15, -0.1) is 0 Å². The number of benzene rings is 3. The van der Waals surface area contributed by atoms with Crippen molar-refractivity contribution >= 4 is 35.3 Å². The third kappa shape index (κ3) is 10.5. The van der Waals surface area contributed by atoms with Crippen LogP contribution in [0.15, 0.2) is 60.7 Å². The molecule has 1 heterocycles. The molecule has 1 fully saturated rings. The SMILES string of the molecule is CCCCCC(c1ccccc1)c1cc(OCCP(=O)(O)O)cc2c3c(C(N)=O)cccc3n(CC3CCCCCCCCCCCCC3)c12. The first kappa shape index (κ1) is 38.1. The number of rotatable bonds is 13. The van der Waals surface area contributed by atoms with Gasteiger partial charge in [-0.05, 0) is 60.6 Å². The molecule has 1 saturated carbocycles. The van der Waals surface area contributed by atoms with E-state index < -0.39 is 13.5 Å². The zero-order valence-electron chi connectivity index (χ0n) is 30.2. The van der Waals surface area contributed by atoms with Crippen molar-refractivity contribution in [3.05, 3.63) is 77.4 Å². The van der Waals surface area contributed by atoms with Gasteiger partial charge in [-0.25, -0.2) is 0 Å². The van der Waals surface area contributed by atoms with Gasteiger partial charge in [0.05, 0.1) is 18.3 Å². The third-order valence-corrected chi connectivity index (χ3v) is 11.5. The second kappa shape index (κ2) is 18.9. The van der Waals surface area contributed by atoms with Crippen LogP contribution >= 0.6 is 7.60 Å². The second-order valence-corrected chi connectivity index (χ2v) is 16.4.